The van der Waals surface area contributed by atoms with Gasteiger partial charge in [0.15, 0.2) is 0 Å². The normalized spacial score (nSPS) is 14.1. The van der Waals surface area contributed by atoms with Crippen LogP contribution in [-0.2, 0) is 13.2 Å². The Kier molecular flexibility index (Phi) is 6.06. The lowest BCUT2D eigenvalue weighted by Gasteiger charge is -2.16. The van der Waals surface area contributed by atoms with Crippen molar-refractivity contribution in [3.8, 4) is 0 Å². The lowest BCUT2D eigenvalue weighted by Crippen LogP contribution is -2.14. The number of aliphatic hydroxyl groups is 1. The summed E-state index contributed by atoms with van der Waals surface area (Å²) in [5.74, 6) is 1.23. The Bertz CT molecular complexity index is 828. The van der Waals surface area contributed by atoms with Crippen LogP contribution in [0.5, 0.6) is 0 Å². The molecule has 2 heterocycles. The first-order valence-electron chi connectivity index (χ1n) is 8.35. The predicted octanol–water partition coefficient (Wildman–Crippen LogP) is 4.69. The first-order chi connectivity index (χ1) is 12.5. The van der Waals surface area contributed by atoms with Crippen LogP contribution in [0.4, 0.5) is 10.2 Å². The van der Waals surface area contributed by atoms with E-state index in [0.29, 0.717) is 11.6 Å². The highest BCUT2D eigenvalue weighted by Crippen LogP contribution is 2.39. The van der Waals surface area contributed by atoms with Gasteiger partial charge in [-0.1, -0.05) is 17.7 Å². The van der Waals surface area contributed by atoms with Gasteiger partial charge in [-0.05, 0) is 43.2 Å². The number of thioether (sulfide) groups is 1. The number of aromatic nitrogens is 1. The van der Waals surface area contributed by atoms with Crippen molar-refractivity contribution in [3.05, 3.63) is 64.2 Å². The van der Waals surface area contributed by atoms with Gasteiger partial charge in [0.1, 0.15) is 11.6 Å². The van der Waals surface area contributed by atoms with Gasteiger partial charge in [-0.25, -0.2) is 9.37 Å². The van der Waals surface area contributed by atoms with Crippen molar-refractivity contribution in [1.29, 1.82) is 0 Å². The van der Waals surface area contributed by atoms with Gasteiger partial charge in [0.25, 0.3) is 0 Å². The number of hydrogen-bond donors (Lipinski definition) is 2. The molecule has 0 saturated heterocycles. The average molecular weight is 394 g/mol. The minimum Gasteiger partial charge on any atom is -0.392 e. The molecule has 2 N–H and O–H groups in total. The van der Waals surface area contributed by atoms with Crippen molar-refractivity contribution in [3.63, 3.8) is 0 Å². The highest BCUT2D eigenvalue weighted by atomic mass is 35.5. The van der Waals surface area contributed by atoms with Crippen LogP contribution in [0.25, 0.3) is 4.91 Å². The molecular weight excluding hydrogens is 373 g/mol. The zero-order chi connectivity index (χ0) is 18.7. The van der Waals surface area contributed by atoms with Crippen molar-refractivity contribution < 1.29 is 9.50 Å². The summed E-state index contributed by atoms with van der Waals surface area (Å²) in [5.41, 5.74) is 2.45. The van der Waals surface area contributed by atoms with E-state index in [0.717, 1.165) is 33.3 Å². The van der Waals surface area contributed by atoms with Gasteiger partial charge < -0.3 is 15.3 Å². The Balaban J connectivity index is 1.81. The monoisotopic (exact) mass is 393 g/mol. The molecule has 0 fully saturated rings. The first kappa shape index (κ1) is 19.0. The summed E-state index contributed by atoms with van der Waals surface area (Å²) < 4.78 is 13.5. The van der Waals surface area contributed by atoms with E-state index >= 15 is 0 Å². The van der Waals surface area contributed by atoms with Crippen molar-refractivity contribution in [1.82, 2.24) is 9.88 Å². The highest BCUT2D eigenvalue weighted by Gasteiger charge is 2.19. The Hall–Kier alpha value is -1.76. The maximum atomic E-state index is 13.5. The van der Waals surface area contributed by atoms with E-state index in [-0.39, 0.29) is 18.5 Å². The number of benzene rings is 1. The van der Waals surface area contributed by atoms with E-state index in [9.17, 15) is 9.50 Å². The van der Waals surface area contributed by atoms with Gasteiger partial charge in [-0.3, -0.25) is 0 Å². The molecular formula is C19H21ClFN3OS. The zero-order valence-corrected chi connectivity index (χ0v) is 16.2. The van der Waals surface area contributed by atoms with Crippen molar-refractivity contribution in [2.45, 2.75) is 33.0 Å². The van der Waals surface area contributed by atoms with E-state index in [1.807, 2.05) is 12.3 Å². The second-order valence-electron chi connectivity index (χ2n) is 6.43. The van der Waals surface area contributed by atoms with Gasteiger partial charge in [0.05, 0.1) is 17.5 Å². The molecule has 3 rings (SSSR count). The molecule has 0 spiro atoms. The SMILES string of the molecule is CC(C)Nc1cc(C2=CN(Cc3cc(F)ccc3CO)CS2)c(Cl)cn1. The smallest absolute Gasteiger partial charge is 0.126 e. The molecule has 1 aliphatic heterocycles. The fourth-order valence-electron chi connectivity index (χ4n) is 2.75. The highest BCUT2D eigenvalue weighted by molar-refractivity contribution is 8.08. The van der Waals surface area contributed by atoms with Crippen molar-refractivity contribution >= 4 is 34.1 Å². The maximum absolute atomic E-state index is 13.5. The summed E-state index contributed by atoms with van der Waals surface area (Å²) in [7, 11) is 0. The summed E-state index contributed by atoms with van der Waals surface area (Å²) in [6.07, 6.45) is 3.68. The topological polar surface area (TPSA) is 48.4 Å². The number of aliphatic hydroxyl groups excluding tert-OH is 1. The largest absolute Gasteiger partial charge is 0.392 e. The van der Waals surface area contributed by atoms with Crippen LogP contribution in [-0.4, -0.2) is 26.9 Å². The Morgan fingerprint density at radius 3 is 2.88 bits per heavy atom. The number of nitrogens with zero attached hydrogens (tertiary/aromatic N) is 2. The van der Waals surface area contributed by atoms with E-state index < -0.39 is 0 Å². The number of anilines is 1. The van der Waals surface area contributed by atoms with Crippen LogP contribution < -0.4 is 5.32 Å². The molecule has 4 nitrogen and oxygen atoms in total. The van der Waals surface area contributed by atoms with E-state index in [4.69, 9.17) is 11.6 Å². The number of hydrogen-bond acceptors (Lipinski definition) is 5. The molecule has 26 heavy (non-hydrogen) atoms. The third-order valence-corrected chi connectivity index (χ3v) is 5.35. The Labute approximate surface area is 162 Å². The van der Waals surface area contributed by atoms with E-state index in [1.54, 1.807) is 24.0 Å². The molecule has 0 amide bonds. The Morgan fingerprint density at radius 1 is 1.35 bits per heavy atom. The fraction of sp³-hybridized carbons (Fsp3) is 0.316. The third kappa shape index (κ3) is 4.50. The van der Waals surface area contributed by atoms with Crippen molar-refractivity contribution in [2.24, 2.45) is 0 Å². The van der Waals surface area contributed by atoms with Gasteiger partial charge in [-0.2, -0.15) is 0 Å². The molecule has 2 aromatic rings. The summed E-state index contributed by atoms with van der Waals surface area (Å²) >= 11 is 8.02. The molecule has 0 bridgehead atoms. The number of nitrogens with one attached hydrogen (secondary N) is 1. The van der Waals surface area contributed by atoms with Gasteiger partial charge in [0, 0.05) is 35.5 Å². The fourth-order valence-corrected chi connectivity index (χ4v) is 4.03. The summed E-state index contributed by atoms with van der Waals surface area (Å²) in [4.78, 5) is 7.44. The number of rotatable bonds is 6. The van der Waals surface area contributed by atoms with Crippen molar-refractivity contribution in [2.75, 3.05) is 11.2 Å². The van der Waals surface area contributed by atoms with Crippen LogP contribution in [0.1, 0.15) is 30.5 Å². The minimum atomic E-state index is -0.296. The average Bonchev–Trinajstić information content (AvgIpc) is 3.05. The molecule has 1 aliphatic rings. The van der Waals surface area contributed by atoms with Crippen LogP contribution in [0.3, 0.4) is 0 Å². The van der Waals surface area contributed by atoms with Gasteiger partial charge >= 0.3 is 0 Å². The quantitative estimate of drug-likeness (QED) is 0.745. The standard InChI is InChI=1S/C19H21ClFN3OS/c1-12(2)23-19-6-16(17(20)7-22-19)18-9-24(11-26-18)8-14-5-15(21)4-3-13(14)10-25/h3-7,9,12,25H,8,10-11H2,1-2H3,(H,22,23). The summed E-state index contributed by atoms with van der Waals surface area (Å²) in [6.45, 7) is 4.54. The molecule has 1 aromatic heterocycles. The van der Waals surface area contributed by atoms with Crippen LogP contribution in [0, 0.1) is 5.82 Å². The second kappa shape index (κ2) is 8.29. The second-order valence-corrected chi connectivity index (χ2v) is 7.83. The summed E-state index contributed by atoms with van der Waals surface area (Å²) in [6, 6.07) is 6.71. The Morgan fingerprint density at radius 2 is 2.15 bits per heavy atom. The van der Waals surface area contributed by atoms with Gasteiger partial charge in [0.2, 0.25) is 0 Å². The number of pyridine rings is 1. The lowest BCUT2D eigenvalue weighted by atomic mass is 10.1. The number of halogens is 2. The van der Waals surface area contributed by atoms with Crippen LogP contribution in [0.2, 0.25) is 5.02 Å². The lowest BCUT2D eigenvalue weighted by molar-refractivity contribution is 0.278. The first-order valence-corrected chi connectivity index (χ1v) is 9.72. The summed E-state index contributed by atoms with van der Waals surface area (Å²) in [5, 5.41) is 13.3. The molecule has 0 radical (unpaired) electrons. The van der Waals surface area contributed by atoms with E-state index in [2.05, 4.69) is 29.0 Å². The molecule has 0 aliphatic carbocycles. The predicted molar refractivity (Wildman–Crippen MR) is 106 cm³/mol. The maximum Gasteiger partial charge on any atom is 0.126 e. The van der Waals surface area contributed by atoms with E-state index in [1.165, 1.54) is 12.1 Å². The third-order valence-electron chi connectivity index (χ3n) is 3.96. The van der Waals surface area contributed by atoms with Crippen LogP contribution >= 0.6 is 23.4 Å². The zero-order valence-electron chi connectivity index (χ0n) is 14.7. The van der Waals surface area contributed by atoms with Crippen LogP contribution in [0.15, 0.2) is 36.7 Å². The molecule has 1 aromatic carbocycles. The molecule has 7 heteroatoms. The molecule has 138 valence electrons. The molecule has 0 saturated carbocycles. The minimum absolute atomic E-state index is 0.104. The van der Waals surface area contributed by atoms with Gasteiger partial charge in [-0.15, -0.1) is 11.8 Å². The molecule has 0 unspecified atom stereocenters. The molecule has 0 atom stereocenters.